The molecule has 0 nitrogen and oxygen atoms in total. The highest BCUT2D eigenvalue weighted by atomic mass is 14.5. The molecule has 0 saturated heterocycles. The van der Waals surface area contributed by atoms with Gasteiger partial charge in [-0.3, -0.25) is 0 Å². The van der Waals surface area contributed by atoms with Crippen molar-refractivity contribution in [3.63, 3.8) is 0 Å². The Kier molecular flexibility index (Phi) is 12.2. The molecule has 4 unspecified atom stereocenters. The van der Waals surface area contributed by atoms with Crippen molar-refractivity contribution < 1.29 is 0 Å². The zero-order chi connectivity index (χ0) is 16.9. The van der Waals surface area contributed by atoms with E-state index in [2.05, 4.69) is 27.7 Å². The van der Waals surface area contributed by atoms with Crippen molar-refractivity contribution in [2.24, 2.45) is 23.7 Å². The maximum absolute atomic E-state index is 2.50. The van der Waals surface area contributed by atoms with Crippen LogP contribution in [0.4, 0.5) is 0 Å². The maximum Gasteiger partial charge on any atom is -0.0355 e. The molecule has 0 spiro atoms. The molecule has 0 aromatic carbocycles. The molecule has 0 N–H and O–H groups in total. The SMILES string of the molecule is CCCCCCCC1CC1C(CCC)CCC(C)CCCCC. The highest BCUT2D eigenvalue weighted by Gasteiger charge is 2.41. The Labute approximate surface area is 148 Å². The molecule has 0 aromatic heterocycles. The Morgan fingerprint density at radius 2 is 1.39 bits per heavy atom. The summed E-state index contributed by atoms with van der Waals surface area (Å²) in [6, 6.07) is 0. The largest absolute Gasteiger partial charge is 0.0654 e. The van der Waals surface area contributed by atoms with Crippen LogP contribution in [0.1, 0.15) is 124 Å². The Hall–Kier alpha value is 0. The van der Waals surface area contributed by atoms with Gasteiger partial charge in [0.1, 0.15) is 0 Å². The van der Waals surface area contributed by atoms with E-state index < -0.39 is 0 Å². The number of unbranched alkanes of at least 4 members (excludes halogenated alkanes) is 6. The van der Waals surface area contributed by atoms with Crippen molar-refractivity contribution in [3.8, 4) is 0 Å². The van der Waals surface area contributed by atoms with Gasteiger partial charge in [-0.05, 0) is 36.5 Å². The molecular formula is C23H46. The van der Waals surface area contributed by atoms with Crippen LogP contribution in [-0.4, -0.2) is 0 Å². The third-order valence-electron chi connectivity index (χ3n) is 6.25. The molecule has 1 rings (SSSR count). The van der Waals surface area contributed by atoms with Crippen molar-refractivity contribution in [2.75, 3.05) is 0 Å². The van der Waals surface area contributed by atoms with Gasteiger partial charge in [-0.1, -0.05) is 111 Å². The number of hydrogen-bond acceptors (Lipinski definition) is 0. The molecule has 0 heteroatoms. The lowest BCUT2D eigenvalue weighted by atomic mass is 9.87. The zero-order valence-electron chi connectivity index (χ0n) is 16.9. The van der Waals surface area contributed by atoms with Crippen LogP contribution in [0.25, 0.3) is 0 Å². The van der Waals surface area contributed by atoms with Crippen LogP contribution in [0.3, 0.4) is 0 Å². The normalized spacial score (nSPS) is 23.0. The predicted octanol–water partition coefficient (Wildman–Crippen LogP) is 8.40. The Bertz CT molecular complexity index is 257. The summed E-state index contributed by atoms with van der Waals surface area (Å²) in [7, 11) is 0. The van der Waals surface area contributed by atoms with Gasteiger partial charge >= 0.3 is 0 Å². The molecule has 1 aliphatic carbocycles. The van der Waals surface area contributed by atoms with Crippen molar-refractivity contribution >= 4 is 0 Å². The van der Waals surface area contributed by atoms with E-state index in [1.807, 2.05) is 0 Å². The van der Waals surface area contributed by atoms with Gasteiger partial charge in [0.15, 0.2) is 0 Å². The highest BCUT2D eigenvalue weighted by molar-refractivity contribution is 4.91. The second kappa shape index (κ2) is 13.3. The summed E-state index contributed by atoms with van der Waals surface area (Å²) in [6.07, 6.45) is 22.1. The van der Waals surface area contributed by atoms with Gasteiger partial charge in [-0.15, -0.1) is 0 Å². The molecule has 1 saturated carbocycles. The molecule has 4 atom stereocenters. The van der Waals surface area contributed by atoms with Gasteiger partial charge in [-0.2, -0.15) is 0 Å². The molecular weight excluding hydrogens is 276 g/mol. The molecule has 23 heavy (non-hydrogen) atoms. The third kappa shape index (κ3) is 9.78. The van der Waals surface area contributed by atoms with Gasteiger partial charge in [0.2, 0.25) is 0 Å². The molecule has 1 aliphatic rings. The topological polar surface area (TPSA) is 0 Å². The van der Waals surface area contributed by atoms with Crippen LogP contribution in [0.15, 0.2) is 0 Å². The van der Waals surface area contributed by atoms with E-state index in [4.69, 9.17) is 0 Å². The third-order valence-corrected chi connectivity index (χ3v) is 6.25. The van der Waals surface area contributed by atoms with Crippen molar-refractivity contribution in [2.45, 2.75) is 124 Å². The van der Waals surface area contributed by atoms with Crippen LogP contribution in [0, 0.1) is 23.7 Å². The van der Waals surface area contributed by atoms with E-state index in [9.17, 15) is 0 Å². The van der Waals surface area contributed by atoms with Crippen LogP contribution in [-0.2, 0) is 0 Å². The lowest BCUT2D eigenvalue weighted by molar-refractivity contribution is 0.324. The van der Waals surface area contributed by atoms with Crippen molar-refractivity contribution in [1.29, 1.82) is 0 Å². The minimum atomic E-state index is 0.965. The van der Waals surface area contributed by atoms with E-state index >= 15 is 0 Å². The van der Waals surface area contributed by atoms with Crippen LogP contribution < -0.4 is 0 Å². The average molecular weight is 323 g/mol. The minimum absolute atomic E-state index is 0.965. The van der Waals surface area contributed by atoms with E-state index in [1.54, 1.807) is 12.8 Å². The summed E-state index contributed by atoms with van der Waals surface area (Å²) >= 11 is 0. The first-order chi connectivity index (χ1) is 11.2. The standard InChI is InChI=1S/C23H46/c1-5-8-10-11-13-16-22-19-23(22)21(14-7-3)18-17-20(4)15-12-9-6-2/h20-23H,5-19H2,1-4H3. The molecule has 0 amide bonds. The quantitative estimate of drug-likeness (QED) is 0.250. The van der Waals surface area contributed by atoms with E-state index in [0.29, 0.717) is 0 Å². The summed E-state index contributed by atoms with van der Waals surface area (Å²) in [5, 5.41) is 0. The zero-order valence-corrected chi connectivity index (χ0v) is 16.9. The van der Waals surface area contributed by atoms with Gasteiger partial charge in [-0.25, -0.2) is 0 Å². The second-order valence-electron chi connectivity index (χ2n) is 8.59. The summed E-state index contributed by atoms with van der Waals surface area (Å²) in [5.74, 6) is 4.26. The fourth-order valence-electron chi connectivity index (χ4n) is 4.52. The molecule has 1 fully saturated rings. The van der Waals surface area contributed by atoms with Gasteiger partial charge < -0.3 is 0 Å². The number of hydrogen-bond donors (Lipinski definition) is 0. The second-order valence-corrected chi connectivity index (χ2v) is 8.59. The van der Waals surface area contributed by atoms with E-state index in [0.717, 1.165) is 23.7 Å². The molecule has 0 bridgehead atoms. The van der Waals surface area contributed by atoms with Crippen LogP contribution >= 0.6 is 0 Å². The van der Waals surface area contributed by atoms with Crippen LogP contribution in [0.2, 0.25) is 0 Å². The van der Waals surface area contributed by atoms with Crippen molar-refractivity contribution in [3.05, 3.63) is 0 Å². The fourth-order valence-corrected chi connectivity index (χ4v) is 4.52. The van der Waals surface area contributed by atoms with Gasteiger partial charge in [0, 0.05) is 0 Å². The summed E-state index contributed by atoms with van der Waals surface area (Å²) in [6.45, 7) is 9.52. The molecule has 138 valence electrons. The van der Waals surface area contributed by atoms with Gasteiger partial charge in [0.05, 0.1) is 0 Å². The monoisotopic (exact) mass is 322 g/mol. The number of rotatable bonds is 16. The first-order valence-electron chi connectivity index (χ1n) is 11.2. The van der Waals surface area contributed by atoms with E-state index in [1.165, 1.54) is 83.5 Å². The fraction of sp³-hybridized carbons (Fsp3) is 1.00. The Morgan fingerprint density at radius 3 is 2.09 bits per heavy atom. The Balaban J connectivity index is 2.15. The van der Waals surface area contributed by atoms with Crippen LogP contribution in [0.5, 0.6) is 0 Å². The highest BCUT2D eigenvalue weighted by Crippen LogP contribution is 2.50. The minimum Gasteiger partial charge on any atom is -0.0654 e. The maximum atomic E-state index is 2.50. The summed E-state index contributed by atoms with van der Waals surface area (Å²) in [4.78, 5) is 0. The smallest absolute Gasteiger partial charge is 0.0355 e. The first kappa shape index (κ1) is 21.0. The van der Waals surface area contributed by atoms with E-state index in [-0.39, 0.29) is 0 Å². The molecule has 0 radical (unpaired) electrons. The Morgan fingerprint density at radius 1 is 0.696 bits per heavy atom. The average Bonchev–Trinajstić information content (AvgIpc) is 3.31. The van der Waals surface area contributed by atoms with Crippen molar-refractivity contribution in [1.82, 2.24) is 0 Å². The molecule has 0 aromatic rings. The molecule has 0 aliphatic heterocycles. The lowest BCUT2D eigenvalue weighted by Crippen LogP contribution is -2.07. The first-order valence-corrected chi connectivity index (χ1v) is 11.2. The summed E-state index contributed by atoms with van der Waals surface area (Å²) in [5.41, 5.74) is 0. The predicted molar refractivity (Wildman–Crippen MR) is 106 cm³/mol. The van der Waals surface area contributed by atoms with Gasteiger partial charge in [0.25, 0.3) is 0 Å². The molecule has 0 heterocycles. The lowest BCUT2D eigenvalue weighted by Gasteiger charge is -2.19. The summed E-state index contributed by atoms with van der Waals surface area (Å²) < 4.78 is 0.